The molecule has 0 amide bonds. The fourth-order valence-corrected chi connectivity index (χ4v) is 3.05. The van der Waals surface area contributed by atoms with E-state index in [-0.39, 0.29) is 11.6 Å². The number of nitrogens with one attached hydrogen (secondary N) is 1. The Morgan fingerprint density at radius 1 is 0.931 bits per heavy atom. The molecule has 2 heterocycles. The first-order chi connectivity index (χ1) is 13.8. The Morgan fingerprint density at radius 2 is 1.66 bits per heavy atom. The van der Waals surface area contributed by atoms with Gasteiger partial charge in [0.25, 0.3) is 11.6 Å². The number of aromatic nitrogens is 4. The Balaban J connectivity index is 1.84. The average Bonchev–Trinajstić information content (AvgIpc) is 3.11. The summed E-state index contributed by atoms with van der Waals surface area (Å²) in [5.74, 6) is -1.61. The zero-order valence-electron chi connectivity index (χ0n) is 15.2. The SMILES string of the molecule is Cc1cc(NC(c2ccccc2)c2cccc(F)c2)n2nc(C(F)(F)F)nc2n1. The van der Waals surface area contributed by atoms with E-state index in [2.05, 4.69) is 20.4 Å². The van der Waals surface area contributed by atoms with Gasteiger partial charge in [0.15, 0.2) is 0 Å². The molecule has 1 N–H and O–H groups in total. The second-order valence-electron chi connectivity index (χ2n) is 6.47. The molecule has 0 radical (unpaired) electrons. The molecule has 0 saturated carbocycles. The Morgan fingerprint density at radius 3 is 2.34 bits per heavy atom. The predicted octanol–water partition coefficient (Wildman–Crippen LogP) is 4.79. The van der Waals surface area contributed by atoms with Gasteiger partial charge in [-0.3, -0.25) is 0 Å². The van der Waals surface area contributed by atoms with Crippen molar-refractivity contribution < 1.29 is 17.6 Å². The number of alkyl halides is 3. The Labute approximate surface area is 163 Å². The summed E-state index contributed by atoms with van der Waals surface area (Å²) in [6.07, 6.45) is -4.69. The van der Waals surface area contributed by atoms with Crippen molar-refractivity contribution in [2.45, 2.75) is 19.1 Å². The molecule has 0 fully saturated rings. The molecular weight excluding hydrogens is 386 g/mol. The van der Waals surface area contributed by atoms with Crippen molar-refractivity contribution in [1.29, 1.82) is 0 Å². The van der Waals surface area contributed by atoms with Crippen LogP contribution in [0.1, 0.15) is 28.7 Å². The Kier molecular flexibility index (Phi) is 4.65. The normalized spacial score (nSPS) is 12.9. The van der Waals surface area contributed by atoms with E-state index in [1.807, 2.05) is 30.3 Å². The number of fused-ring (bicyclic) bond motifs is 1. The van der Waals surface area contributed by atoms with E-state index in [9.17, 15) is 17.6 Å². The Bertz CT molecular complexity index is 1150. The molecule has 29 heavy (non-hydrogen) atoms. The summed E-state index contributed by atoms with van der Waals surface area (Å²) in [4.78, 5) is 7.51. The van der Waals surface area contributed by atoms with Crippen LogP contribution in [0, 0.1) is 12.7 Å². The van der Waals surface area contributed by atoms with Gasteiger partial charge in [0.1, 0.15) is 11.6 Å². The minimum atomic E-state index is -4.69. The molecule has 4 aromatic rings. The largest absolute Gasteiger partial charge is 0.453 e. The summed E-state index contributed by atoms with van der Waals surface area (Å²) in [6.45, 7) is 1.65. The molecule has 2 aromatic heterocycles. The molecule has 0 aliphatic rings. The predicted molar refractivity (Wildman–Crippen MR) is 98.8 cm³/mol. The van der Waals surface area contributed by atoms with Crippen molar-refractivity contribution in [3.8, 4) is 0 Å². The van der Waals surface area contributed by atoms with Crippen molar-refractivity contribution >= 4 is 11.6 Å². The molecule has 0 saturated heterocycles. The summed E-state index contributed by atoms with van der Waals surface area (Å²) in [5, 5.41) is 6.74. The lowest BCUT2D eigenvalue weighted by atomic mass is 9.98. The summed E-state index contributed by atoms with van der Waals surface area (Å²) in [5.41, 5.74) is 1.87. The first kappa shape index (κ1) is 18.9. The smallest absolute Gasteiger partial charge is 0.359 e. The maximum absolute atomic E-state index is 13.8. The molecule has 0 aliphatic heterocycles. The van der Waals surface area contributed by atoms with Crippen molar-refractivity contribution in [2.24, 2.45) is 0 Å². The maximum atomic E-state index is 13.8. The van der Waals surface area contributed by atoms with E-state index in [4.69, 9.17) is 0 Å². The highest BCUT2D eigenvalue weighted by atomic mass is 19.4. The lowest BCUT2D eigenvalue weighted by Crippen LogP contribution is -2.16. The second-order valence-corrected chi connectivity index (χ2v) is 6.47. The number of hydrogen-bond acceptors (Lipinski definition) is 4. The molecule has 2 aromatic carbocycles. The third kappa shape index (κ3) is 3.89. The number of aryl methyl sites for hydroxylation is 1. The van der Waals surface area contributed by atoms with E-state index in [0.29, 0.717) is 11.3 Å². The molecule has 9 heteroatoms. The van der Waals surface area contributed by atoms with Gasteiger partial charge < -0.3 is 5.32 Å². The summed E-state index contributed by atoms with van der Waals surface area (Å²) >= 11 is 0. The van der Waals surface area contributed by atoms with Crippen LogP contribution in [0.4, 0.5) is 23.4 Å². The zero-order valence-corrected chi connectivity index (χ0v) is 15.2. The molecule has 148 valence electrons. The number of anilines is 1. The first-order valence-corrected chi connectivity index (χ1v) is 8.70. The van der Waals surface area contributed by atoms with Crippen molar-refractivity contribution in [3.63, 3.8) is 0 Å². The van der Waals surface area contributed by atoms with E-state index in [0.717, 1.165) is 10.1 Å². The highest BCUT2D eigenvalue weighted by molar-refractivity contribution is 5.50. The van der Waals surface area contributed by atoms with Crippen LogP contribution in [0.3, 0.4) is 0 Å². The monoisotopic (exact) mass is 401 g/mol. The number of benzene rings is 2. The third-order valence-corrected chi connectivity index (χ3v) is 4.30. The molecule has 5 nitrogen and oxygen atoms in total. The molecule has 4 rings (SSSR count). The van der Waals surface area contributed by atoms with Gasteiger partial charge in [-0.15, -0.1) is 5.10 Å². The van der Waals surface area contributed by atoms with Crippen LogP contribution in [0.15, 0.2) is 60.7 Å². The molecule has 0 bridgehead atoms. The topological polar surface area (TPSA) is 55.1 Å². The number of hydrogen-bond donors (Lipinski definition) is 1. The Hall–Kier alpha value is -3.49. The van der Waals surface area contributed by atoms with Crippen molar-refractivity contribution in [1.82, 2.24) is 19.6 Å². The van der Waals surface area contributed by atoms with Crippen LogP contribution in [0.5, 0.6) is 0 Å². The molecule has 0 spiro atoms. The van der Waals surface area contributed by atoms with Gasteiger partial charge in [-0.05, 0) is 30.2 Å². The van der Waals surface area contributed by atoms with Crippen LogP contribution < -0.4 is 5.32 Å². The fraction of sp³-hybridized carbons (Fsp3) is 0.150. The average molecular weight is 401 g/mol. The summed E-state index contributed by atoms with van der Waals surface area (Å²) in [7, 11) is 0. The highest BCUT2D eigenvalue weighted by Crippen LogP contribution is 2.30. The van der Waals surface area contributed by atoms with Gasteiger partial charge in [-0.2, -0.15) is 22.7 Å². The molecule has 0 aliphatic carbocycles. The van der Waals surface area contributed by atoms with Gasteiger partial charge in [0.2, 0.25) is 0 Å². The van der Waals surface area contributed by atoms with Crippen LogP contribution in [0.25, 0.3) is 5.78 Å². The van der Waals surface area contributed by atoms with Gasteiger partial charge in [-0.25, -0.2) is 9.37 Å². The van der Waals surface area contributed by atoms with Crippen LogP contribution in [-0.4, -0.2) is 19.6 Å². The minimum Gasteiger partial charge on any atom is -0.359 e. The van der Waals surface area contributed by atoms with E-state index < -0.39 is 23.9 Å². The summed E-state index contributed by atoms with van der Waals surface area (Å²) in [6, 6.07) is 16.2. The van der Waals surface area contributed by atoms with Crippen molar-refractivity contribution in [2.75, 3.05) is 5.32 Å². The van der Waals surface area contributed by atoms with Crippen LogP contribution in [0.2, 0.25) is 0 Å². The van der Waals surface area contributed by atoms with Gasteiger partial charge in [0.05, 0.1) is 6.04 Å². The standard InChI is InChI=1S/C20H15F4N5/c1-12-10-16(29-19(25-12)27-18(28-29)20(22,23)24)26-17(13-6-3-2-4-7-13)14-8-5-9-15(21)11-14/h2-11,17,26H,1H3. The van der Waals surface area contributed by atoms with Crippen molar-refractivity contribution in [3.05, 3.63) is 89.1 Å². The van der Waals surface area contributed by atoms with E-state index >= 15 is 0 Å². The van der Waals surface area contributed by atoms with Crippen LogP contribution >= 0.6 is 0 Å². The third-order valence-electron chi connectivity index (χ3n) is 4.30. The molecule has 1 unspecified atom stereocenters. The molecule has 1 atom stereocenters. The van der Waals surface area contributed by atoms with E-state index in [1.54, 1.807) is 25.1 Å². The minimum absolute atomic E-state index is 0.175. The maximum Gasteiger partial charge on any atom is 0.453 e. The lowest BCUT2D eigenvalue weighted by Gasteiger charge is -2.21. The molecular formula is C20H15F4N5. The number of halogens is 4. The fourth-order valence-electron chi connectivity index (χ4n) is 3.05. The zero-order chi connectivity index (χ0) is 20.6. The quantitative estimate of drug-likeness (QED) is 0.500. The first-order valence-electron chi connectivity index (χ1n) is 8.70. The summed E-state index contributed by atoms with van der Waals surface area (Å²) < 4.78 is 54.0. The number of rotatable bonds is 4. The second kappa shape index (κ2) is 7.16. The highest BCUT2D eigenvalue weighted by Gasteiger charge is 2.37. The van der Waals surface area contributed by atoms with Gasteiger partial charge >= 0.3 is 6.18 Å². The van der Waals surface area contributed by atoms with Gasteiger partial charge in [0, 0.05) is 11.8 Å². The van der Waals surface area contributed by atoms with E-state index in [1.165, 1.54) is 12.1 Å². The van der Waals surface area contributed by atoms with Crippen LogP contribution in [-0.2, 0) is 6.18 Å². The lowest BCUT2D eigenvalue weighted by molar-refractivity contribution is -0.144. The number of nitrogens with zero attached hydrogens (tertiary/aromatic N) is 4. The van der Waals surface area contributed by atoms with Gasteiger partial charge in [-0.1, -0.05) is 42.5 Å².